The molecule has 0 spiro atoms. The minimum absolute atomic E-state index is 0.0229. The monoisotopic (exact) mass is 278 g/mol. The third-order valence-electron chi connectivity index (χ3n) is 2.73. The summed E-state index contributed by atoms with van der Waals surface area (Å²) in [5, 5.41) is 2.98. The molecule has 98 valence electrons. The molecule has 19 heavy (non-hydrogen) atoms. The second-order valence-electron chi connectivity index (χ2n) is 4.10. The molecule has 0 saturated carbocycles. The van der Waals surface area contributed by atoms with Gasteiger partial charge in [-0.2, -0.15) is 0 Å². The molecule has 0 aliphatic carbocycles. The van der Waals surface area contributed by atoms with Gasteiger partial charge in [-0.25, -0.2) is 4.39 Å². The van der Waals surface area contributed by atoms with Crippen LogP contribution in [0.15, 0.2) is 42.7 Å². The van der Waals surface area contributed by atoms with Gasteiger partial charge in [0.1, 0.15) is 5.82 Å². The highest BCUT2D eigenvalue weighted by atomic mass is 35.5. The maximum Gasteiger partial charge on any atom is 0.254 e. The number of amides is 1. The highest BCUT2D eigenvalue weighted by molar-refractivity contribution is 6.30. The first-order valence-electron chi connectivity index (χ1n) is 5.74. The van der Waals surface area contributed by atoms with Crippen LogP contribution in [0.5, 0.6) is 0 Å². The van der Waals surface area contributed by atoms with Gasteiger partial charge in [0.05, 0.1) is 11.6 Å². The van der Waals surface area contributed by atoms with Crippen LogP contribution in [0.3, 0.4) is 0 Å². The molecule has 1 N–H and O–H groups in total. The van der Waals surface area contributed by atoms with E-state index in [1.54, 1.807) is 24.5 Å². The summed E-state index contributed by atoms with van der Waals surface area (Å²) < 4.78 is 13.6. The fraction of sp³-hybridized carbons (Fsp3) is 0.143. The fourth-order valence-corrected chi connectivity index (χ4v) is 1.84. The number of nitrogens with zero attached hydrogens (tertiary/aromatic N) is 1. The summed E-state index contributed by atoms with van der Waals surface area (Å²) in [6.07, 6.45) is 3.28. The number of hydrogen-bond acceptors (Lipinski definition) is 2. The lowest BCUT2D eigenvalue weighted by atomic mass is 10.1. The Labute approximate surface area is 115 Å². The van der Waals surface area contributed by atoms with Crippen LogP contribution in [0, 0.1) is 5.82 Å². The molecule has 0 unspecified atom stereocenters. The quantitative estimate of drug-likeness (QED) is 0.935. The van der Waals surface area contributed by atoms with E-state index in [1.807, 2.05) is 6.92 Å². The first-order chi connectivity index (χ1) is 9.08. The fourth-order valence-electron chi connectivity index (χ4n) is 1.68. The summed E-state index contributed by atoms with van der Waals surface area (Å²) in [7, 11) is 0. The summed E-state index contributed by atoms with van der Waals surface area (Å²) in [5.74, 6) is -1.11. The van der Waals surface area contributed by atoms with Gasteiger partial charge in [0.25, 0.3) is 5.91 Å². The molecule has 1 heterocycles. The predicted molar refractivity (Wildman–Crippen MR) is 71.5 cm³/mol. The number of halogens is 2. The van der Waals surface area contributed by atoms with Gasteiger partial charge < -0.3 is 5.32 Å². The summed E-state index contributed by atoms with van der Waals surface area (Å²) in [5.41, 5.74) is 0.878. The van der Waals surface area contributed by atoms with E-state index in [1.165, 1.54) is 12.1 Å². The molecule has 2 rings (SSSR count). The van der Waals surface area contributed by atoms with Crippen molar-refractivity contribution in [1.29, 1.82) is 0 Å². The highest BCUT2D eigenvalue weighted by Crippen LogP contribution is 2.16. The van der Waals surface area contributed by atoms with Gasteiger partial charge in [0.15, 0.2) is 0 Å². The Bertz CT molecular complexity index is 589. The van der Waals surface area contributed by atoms with Crippen LogP contribution in [0.1, 0.15) is 28.9 Å². The lowest BCUT2D eigenvalue weighted by molar-refractivity contribution is 0.0936. The molecular formula is C14H12ClFN2O. The number of carbonyl (C=O) groups is 1. The van der Waals surface area contributed by atoms with Gasteiger partial charge in [-0.1, -0.05) is 11.6 Å². The molecule has 0 bridgehead atoms. The summed E-state index contributed by atoms with van der Waals surface area (Å²) in [4.78, 5) is 15.9. The number of rotatable bonds is 3. The van der Waals surface area contributed by atoms with Gasteiger partial charge in [-0.3, -0.25) is 9.78 Å². The van der Waals surface area contributed by atoms with E-state index in [-0.39, 0.29) is 16.6 Å². The molecule has 0 fully saturated rings. The number of benzene rings is 1. The third-order valence-corrected chi connectivity index (χ3v) is 2.96. The molecule has 3 nitrogen and oxygen atoms in total. The zero-order valence-electron chi connectivity index (χ0n) is 10.2. The summed E-state index contributed by atoms with van der Waals surface area (Å²) in [6.45, 7) is 1.82. The van der Waals surface area contributed by atoms with E-state index >= 15 is 0 Å². The van der Waals surface area contributed by atoms with Crippen LogP contribution in [0.4, 0.5) is 4.39 Å². The van der Waals surface area contributed by atoms with E-state index in [0.717, 1.165) is 11.6 Å². The van der Waals surface area contributed by atoms with Crippen LogP contribution in [-0.4, -0.2) is 10.9 Å². The Morgan fingerprint density at radius 2 is 2.00 bits per heavy atom. The largest absolute Gasteiger partial charge is 0.345 e. The topological polar surface area (TPSA) is 42.0 Å². The zero-order valence-corrected chi connectivity index (χ0v) is 11.0. The Morgan fingerprint density at radius 1 is 1.32 bits per heavy atom. The second-order valence-corrected chi connectivity index (χ2v) is 4.54. The lowest BCUT2D eigenvalue weighted by Gasteiger charge is -2.14. The van der Waals surface area contributed by atoms with Crippen LogP contribution >= 0.6 is 11.6 Å². The second kappa shape index (κ2) is 5.80. The average molecular weight is 279 g/mol. The SMILES string of the molecule is C[C@H](NC(=O)c1ccc(Cl)cc1F)c1ccncc1. The molecule has 2 aromatic rings. The molecule has 0 aliphatic heterocycles. The number of carbonyl (C=O) groups excluding carboxylic acids is 1. The van der Waals surface area contributed by atoms with Gasteiger partial charge >= 0.3 is 0 Å². The van der Waals surface area contributed by atoms with Crippen molar-refractivity contribution >= 4 is 17.5 Å². The van der Waals surface area contributed by atoms with Crippen LogP contribution in [-0.2, 0) is 0 Å². The minimum Gasteiger partial charge on any atom is -0.345 e. The normalized spacial score (nSPS) is 11.9. The molecule has 0 aliphatic rings. The van der Waals surface area contributed by atoms with Crippen LogP contribution < -0.4 is 5.32 Å². The van der Waals surface area contributed by atoms with Crippen LogP contribution in [0.25, 0.3) is 0 Å². The smallest absolute Gasteiger partial charge is 0.254 e. The Morgan fingerprint density at radius 3 is 2.63 bits per heavy atom. The molecule has 1 atom stereocenters. The van der Waals surface area contributed by atoms with E-state index < -0.39 is 11.7 Å². The maximum absolute atomic E-state index is 13.6. The van der Waals surface area contributed by atoms with Crippen molar-refractivity contribution < 1.29 is 9.18 Å². The Kier molecular flexibility index (Phi) is 4.12. The number of nitrogens with one attached hydrogen (secondary N) is 1. The van der Waals surface area contributed by atoms with Crippen LogP contribution in [0.2, 0.25) is 5.02 Å². The zero-order chi connectivity index (χ0) is 13.8. The van der Waals surface area contributed by atoms with Crippen molar-refractivity contribution in [2.75, 3.05) is 0 Å². The third kappa shape index (κ3) is 3.29. The molecular weight excluding hydrogens is 267 g/mol. The standard InChI is InChI=1S/C14H12ClFN2O/c1-9(10-4-6-17-7-5-10)18-14(19)12-3-2-11(15)8-13(12)16/h2-9H,1H3,(H,18,19)/t9-/m0/s1. The van der Waals surface area contributed by atoms with Crippen molar-refractivity contribution in [3.05, 3.63) is 64.7 Å². The Balaban J connectivity index is 2.13. The molecule has 0 saturated heterocycles. The van der Waals surface area contributed by atoms with Gasteiger partial charge in [0, 0.05) is 17.4 Å². The number of aromatic nitrogens is 1. The highest BCUT2D eigenvalue weighted by Gasteiger charge is 2.15. The van der Waals surface area contributed by atoms with E-state index in [4.69, 9.17) is 11.6 Å². The minimum atomic E-state index is -0.632. The van der Waals surface area contributed by atoms with Crippen molar-refractivity contribution in [2.24, 2.45) is 0 Å². The van der Waals surface area contributed by atoms with E-state index in [0.29, 0.717) is 0 Å². The van der Waals surface area contributed by atoms with Crippen molar-refractivity contribution in [2.45, 2.75) is 13.0 Å². The van der Waals surface area contributed by atoms with Gasteiger partial charge in [0.2, 0.25) is 0 Å². The average Bonchev–Trinajstić information content (AvgIpc) is 2.39. The number of pyridine rings is 1. The molecule has 0 radical (unpaired) electrons. The molecule has 1 aromatic heterocycles. The number of hydrogen-bond donors (Lipinski definition) is 1. The molecule has 1 aromatic carbocycles. The maximum atomic E-state index is 13.6. The summed E-state index contributed by atoms with van der Waals surface area (Å²) >= 11 is 5.64. The van der Waals surface area contributed by atoms with E-state index in [2.05, 4.69) is 10.3 Å². The molecule has 1 amide bonds. The first-order valence-corrected chi connectivity index (χ1v) is 6.11. The Hall–Kier alpha value is -1.94. The van der Waals surface area contributed by atoms with E-state index in [9.17, 15) is 9.18 Å². The summed E-state index contributed by atoms with van der Waals surface area (Å²) in [6, 6.07) is 7.33. The van der Waals surface area contributed by atoms with Gasteiger partial charge in [-0.15, -0.1) is 0 Å². The molecule has 5 heteroatoms. The first kappa shape index (κ1) is 13.5. The predicted octanol–water partition coefficient (Wildman–Crippen LogP) is 3.37. The van der Waals surface area contributed by atoms with Crippen molar-refractivity contribution in [3.63, 3.8) is 0 Å². The van der Waals surface area contributed by atoms with Crippen molar-refractivity contribution in [1.82, 2.24) is 10.3 Å². The van der Waals surface area contributed by atoms with Gasteiger partial charge in [-0.05, 0) is 42.8 Å². The van der Waals surface area contributed by atoms with Crippen molar-refractivity contribution in [3.8, 4) is 0 Å². The lowest BCUT2D eigenvalue weighted by Crippen LogP contribution is -2.27.